The number of nitrogens with one attached hydrogen (secondary N) is 1. The zero-order valence-electron chi connectivity index (χ0n) is 10.2. The highest BCUT2D eigenvalue weighted by atomic mass is 35.5. The molecule has 1 N–H and O–H groups in total. The number of anilines is 1. The molecule has 1 heterocycles. The number of rotatable bonds is 3. The lowest BCUT2D eigenvalue weighted by molar-refractivity contribution is -0.144. The van der Waals surface area contributed by atoms with Gasteiger partial charge in [-0.2, -0.15) is 0 Å². The van der Waals surface area contributed by atoms with Crippen LogP contribution in [0.5, 0.6) is 0 Å². The van der Waals surface area contributed by atoms with Gasteiger partial charge in [0.2, 0.25) is 0 Å². The Morgan fingerprint density at radius 3 is 3.17 bits per heavy atom. The van der Waals surface area contributed by atoms with Crippen molar-refractivity contribution in [3.8, 4) is 0 Å². The summed E-state index contributed by atoms with van der Waals surface area (Å²) < 4.78 is 5.08. The molecule has 1 saturated heterocycles. The van der Waals surface area contributed by atoms with Crippen molar-refractivity contribution in [2.24, 2.45) is 0 Å². The molecule has 0 bridgehead atoms. The average molecular weight is 268 g/mol. The summed E-state index contributed by atoms with van der Waals surface area (Å²) in [6.07, 6.45) is 0. The molecule has 1 aliphatic heterocycles. The molecule has 0 spiro atoms. The fraction of sp³-hybridized carbons (Fsp3) is 0.385. The Bertz CT molecular complexity index is 425. The smallest absolute Gasteiger partial charge is 0.330 e. The summed E-state index contributed by atoms with van der Waals surface area (Å²) in [6.45, 7) is 5.48. The van der Waals surface area contributed by atoms with E-state index in [0.29, 0.717) is 11.6 Å². The van der Waals surface area contributed by atoms with Crippen LogP contribution >= 0.6 is 11.6 Å². The highest BCUT2D eigenvalue weighted by molar-refractivity contribution is 6.30. The lowest BCUT2D eigenvalue weighted by Gasteiger charge is -2.35. The van der Waals surface area contributed by atoms with Crippen LogP contribution in [0.4, 0.5) is 5.69 Å². The van der Waals surface area contributed by atoms with Crippen LogP contribution in [0.2, 0.25) is 5.02 Å². The van der Waals surface area contributed by atoms with Gasteiger partial charge in [-0.25, -0.2) is 4.79 Å². The molecule has 0 aliphatic carbocycles. The summed E-state index contributed by atoms with van der Waals surface area (Å²) in [5, 5.41) is 3.75. The zero-order valence-corrected chi connectivity index (χ0v) is 11.0. The minimum Gasteiger partial charge on any atom is -0.464 e. The monoisotopic (exact) mass is 267 g/mol. The van der Waals surface area contributed by atoms with E-state index in [0.717, 1.165) is 18.8 Å². The molecule has 1 fully saturated rings. The van der Waals surface area contributed by atoms with Crippen LogP contribution in [0.25, 0.3) is 0 Å². The molecule has 4 nitrogen and oxygen atoms in total. The first-order valence-corrected chi connectivity index (χ1v) is 6.35. The van der Waals surface area contributed by atoms with Crippen molar-refractivity contribution in [2.45, 2.75) is 13.0 Å². The van der Waals surface area contributed by atoms with Crippen LogP contribution in [-0.4, -0.2) is 31.7 Å². The molecule has 18 heavy (non-hydrogen) atoms. The molecule has 2 rings (SSSR count). The predicted molar refractivity (Wildman–Crippen MR) is 71.5 cm³/mol. The molecule has 97 valence electrons. The van der Waals surface area contributed by atoms with Gasteiger partial charge in [0.15, 0.2) is 0 Å². The second-order valence-electron chi connectivity index (χ2n) is 3.99. The number of carbonyl (C=O) groups is 1. The van der Waals surface area contributed by atoms with Gasteiger partial charge in [0, 0.05) is 23.8 Å². The zero-order chi connectivity index (χ0) is 13.0. The average Bonchev–Trinajstić information content (AvgIpc) is 2.39. The van der Waals surface area contributed by atoms with Crippen LogP contribution in [0.1, 0.15) is 6.92 Å². The van der Waals surface area contributed by atoms with Crippen molar-refractivity contribution in [3.63, 3.8) is 0 Å². The third-order valence-corrected chi connectivity index (χ3v) is 3.01. The third-order valence-electron chi connectivity index (χ3n) is 2.78. The van der Waals surface area contributed by atoms with E-state index < -0.39 is 6.04 Å². The third kappa shape index (κ3) is 2.94. The Balaban J connectivity index is 2.20. The van der Waals surface area contributed by atoms with E-state index in [4.69, 9.17) is 16.3 Å². The second kappa shape index (κ2) is 6.07. The van der Waals surface area contributed by atoms with Crippen LogP contribution in [-0.2, 0) is 9.53 Å². The van der Waals surface area contributed by atoms with E-state index >= 15 is 0 Å². The fourth-order valence-electron chi connectivity index (χ4n) is 1.98. The number of esters is 1. The maximum absolute atomic E-state index is 11.9. The summed E-state index contributed by atoms with van der Waals surface area (Å²) in [7, 11) is 0. The quantitative estimate of drug-likeness (QED) is 0.849. The van der Waals surface area contributed by atoms with Crippen molar-refractivity contribution >= 4 is 23.3 Å². The molecule has 5 heteroatoms. The van der Waals surface area contributed by atoms with E-state index in [9.17, 15) is 4.79 Å². The second-order valence-corrected chi connectivity index (χ2v) is 4.43. The number of hydrogen-bond donors (Lipinski definition) is 1. The Morgan fingerprint density at radius 1 is 1.61 bits per heavy atom. The first-order chi connectivity index (χ1) is 8.72. The van der Waals surface area contributed by atoms with Crippen LogP contribution in [0, 0.1) is 6.54 Å². The van der Waals surface area contributed by atoms with Gasteiger partial charge in [-0.1, -0.05) is 17.7 Å². The molecule has 0 amide bonds. The molecule has 1 aliphatic rings. The Hall–Kier alpha value is -1.26. The molecule has 1 atom stereocenters. The van der Waals surface area contributed by atoms with E-state index in [1.807, 2.05) is 29.2 Å². The van der Waals surface area contributed by atoms with Gasteiger partial charge in [-0.3, -0.25) is 0 Å². The Kier molecular flexibility index (Phi) is 4.44. The summed E-state index contributed by atoms with van der Waals surface area (Å²) >= 11 is 5.98. The number of nitrogens with zero attached hydrogens (tertiary/aromatic N) is 1. The van der Waals surface area contributed by atoms with Gasteiger partial charge in [0.1, 0.15) is 6.04 Å². The normalized spacial score (nSPS) is 19.7. The van der Waals surface area contributed by atoms with Crippen molar-refractivity contribution in [1.29, 1.82) is 0 Å². The van der Waals surface area contributed by atoms with Gasteiger partial charge in [-0.15, -0.1) is 0 Å². The Labute approximate surface area is 112 Å². The van der Waals surface area contributed by atoms with E-state index in [1.54, 1.807) is 13.5 Å². The predicted octanol–water partition coefficient (Wildman–Crippen LogP) is 1.84. The topological polar surface area (TPSA) is 41.6 Å². The lowest BCUT2D eigenvalue weighted by atomic mass is 10.1. The highest BCUT2D eigenvalue weighted by Gasteiger charge is 2.30. The fourth-order valence-corrected chi connectivity index (χ4v) is 2.16. The molecule has 1 unspecified atom stereocenters. The minimum atomic E-state index is -0.405. The summed E-state index contributed by atoms with van der Waals surface area (Å²) in [5.41, 5.74) is 0.929. The molecule has 1 aromatic carbocycles. The molecular formula is C13H16ClN2O2. The van der Waals surface area contributed by atoms with Gasteiger partial charge in [0.05, 0.1) is 13.2 Å². The minimum absolute atomic E-state index is 0.246. The molecule has 0 saturated carbocycles. The van der Waals surface area contributed by atoms with E-state index in [1.165, 1.54) is 0 Å². The van der Waals surface area contributed by atoms with Gasteiger partial charge >= 0.3 is 5.97 Å². The first kappa shape index (κ1) is 13.2. The summed E-state index contributed by atoms with van der Waals surface area (Å²) in [6, 6.07) is 7.08. The number of benzene rings is 1. The van der Waals surface area contributed by atoms with Crippen LogP contribution < -0.4 is 10.2 Å². The molecule has 0 aromatic heterocycles. The largest absolute Gasteiger partial charge is 0.464 e. The van der Waals surface area contributed by atoms with Crippen molar-refractivity contribution in [2.75, 3.05) is 24.6 Å². The molecule has 1 aromatic rings. The van der Waals surface area contributed by atoms with Crippen LogP contribution in [0.15, 0.2) is 24.3 Å². The first-order valence-electron chi connectivity index (χ1n) is 5.98. The van der Waals surface area contributed by atoms with Gasteiger partial charge in [-0.05, 0) is 25.1 Å². The summed E-state index contributed by atoms with van der Waals surface area (Å²) in [5.74, 6) is -0.246. The number of halogens is 1. The number of piperazine rings is 1. The molecule has 1 radical (unpaired) electrons. The summed E-state index contributed by atoms with van der Waals surface area (Å²) in [4.78, 5) is 13.9. The van der Waals surface area contributed by atoms with Gasteiger partial charge in [0.25, 0.3) is 0 Å². The number of hydrogen-bond acceptors (Lipinski definition) is 4. The highest BCUT2D eigenvalue weighted by Crippen LogP contribution is 2.23. The lowest BCUT2D eigenvalue weighted by Crippen LogP contribution is -2.52. The van der Waals surface area contributed by atoms with E-state index in [-0.39, 0.29) is 5.97 Å². The van der Waals surface area contributed by atoms with Crippen LogP contribution in [0.3, 0.4) is 0 Å². The molecular weight excluding hydrogens is 252 g/mol. The maximum atomic E-state index is 11.9. The number of carbonyl (C=O) groups excluding carboxylic acids is 1. The number of ether oxygens (including phenoxy) is 1. The Morgan fingerprint density at radius 2 is 2.44 bits per heavy atom. The van der Waals surface area contributed by atoms with Crippen molar-refractivity contribution < 1.29 is 9.53 Å². The van der Waals surface area contributed by atoms with E-state index in [2.05, 4.69) is 5.32 Å². The SMILES string of the molecule is CCOC(=O)C1[CH]NCCN1c1cccc(Cl)c1. The maximum Gasteiger partial charge on any atom is 0.330 e. The van der Waals surface area contributed by atoms with Crippen molar-refractivity contribution in [1.82, 2.24) is 5.32 Å². The van der Waals surface area contributed by atoms with Crippen molar-refractivity contribution in [3.05, 3.63) is 35.8 Å². The standard InChI is InChI=1S/C13H16ClN2O2/c1-2-18-13(17)12-9-15-6-7-16(12)11-5-3-4-10(14)8-11/h3-5,8-9,12,15H,2,6-7H2,1H3. The van der Waals surface area contributed by atoms with Gasteiger partial charge < -0.3 is 15.0 Å².